The summed E-state index contributed by atoms with van der Waals surface area (Å²) in [4.78, 5) is 0.0175. The largest absolute Gasteiger partial charge is 0.394 e. The topological polar surface area (TPSA) is 125 Å². The third-order valence-corrected chi connectivity index (χ3v) is 5.21. The van der Waals surface area contributed by atoms with Crippen molar-refractivity contribution in [3.8, 4) is 0 Å². The van der Waals surface area contributed by atoms with Gasteiger partial charge in [0.25, 0.3) is 0 Å². The first kappa shape index (κ1) is 18.3. The van der Waals surface area contributed by atoms with E-state index in [9.17, 15) is 18.6 Å². The van der Waals surface area contributed by atoms with Crippen molar-refractivity contribution >= 4 is 10.0 Å². The number of nitrogens with one attached hydrogen (secondary N) is 1. The molecule has 130 valence electrons. The minimum absolute atomic E-state index is 0.0175. The molecule has 2 rings (SSSR count). The molecule has 1 saturated heterocycles. The highest BCUT2D eigenvalue weighted by molar-refractivity contribution is 7.89. The molecule has 9 heteroatoms. The van der Waals surface area contributed by atoms with E-state index in [2.05, 4.69) is 4.72 Å². The lowest BCUT2D eigenvalue weighted by molar-refractivity contribution is -0.260. The van der Waals surface area contributed by atoms with E-state index in [0.29, 0.717) is 0 Å². The molecule has 8 nitrogen and oxygen atoms in total. The van der Waals surface area contributed by atoms with Gasteiger partial charge in [-0.1, -0.05) is 17.7 Å². The Morgan fingerprint density at radius 3 is 2.35 bits per heavy atom. The van der Waals surface area contributed by atoms with Crippen molar-refractivity contribution in [2.75, 3.05) is 13.7 Å². The zero-order chi connectivity index (χ0) is 17.2. The van der Waals surface area contributed by atoms with Crippen molar-refractivity contribution in [2.45, 2.75) is 42.5 Å². The van der Waals surface area contributed by atoms with Crippen LogP contribution in [0.15, 0.2) is 29.2 Å². The Morgan fingerprint density at radius 1 is 1.22 bits per heavy atom. The smallest absolute Gasteiger partial charge is 0.241 e. The number of benzene rings is 1. The minimum atomic E-state index is -3.94. The molecule has 0 aromatic heterocycles. The van der Waals surface area contributed by atoms with Crippen LogP contribution in [0.25, 0.3) is 0 Å². The molecule has 0 spiro atoms. The molecule has 0 amide bonds. The first-order valence-corrected chi connectivity index (χ1v) is 8.52. The van der Waals surface area contributed by atoms with Crippen LogP contribution in [-0.2, 0) is 19.5 Å². The van der Waals surface area contributed by atoms with Gasteiger partial charge in [0.05, 0.1) is 11.5 Å². The van der Waals surface area contributed by atoms with Crippen LogP contribution >= 0.6 is 0 Å². The van der Waals surface area contributed by atoms with Crippen LogP contribution in [0.3, 0.4) is 0 Å². The molecule has 1 fully saturated rings. The molecule has 1 aromatic carbocycles. The van der Waals surface area contributed by atoms with Crippen molar-refractivity contribution in [2.24, 2.45) is 0 Å². The van der Waals surface area contributed by atoms with E-state index in [1.54, 1.807) is 12.1 Å². The molecule has 0 bridgehead atoms. The standard InChI is InChI=1S/C14H21NO7S/c1-8-3-5-9(6-4-8)23(19,20)15-11-13(18)12(17)10(7-16)22-14(11)21-2/h3-6,10-18H,7H2,1-2H3/t10-,11+,12+,13-,14-/m1/s1. The fourth-order valence-electron chi connectivity index (χ4n) is 2.37. The minimum Gasteiger partial charge on any atom is -0.394 e. The molecule has 4 N–H and O–H groups in total. The number of hydrogen-bond donors (Lipinski definition) is 4. The Balaban J connectivity index is 2.24. The van der Waals surface area contributed by atoms with Crippen LogP contribution in [0.2, 0.25) is 0 Å². The third kappa shape index (κ3) is 3.89. The van der Waals surface area contributed by atoms with E-state index >= 15 is 0 Å². The van der Waals surface area contributed by atoms with Crippen LogP contribution < -0.4 is 4.72 Å². The quantitative estimate of drug-likeness (QED) is 0.523. The van der Waals surface area contributed by atoms with Crippen LogP contribution in [-0.4, -0.2) is 68.1 Å². The Bertz CT molecular complexity index is 617. The summed E-state index contributed by atoms with van der Waals surface area (Å²) in [6.07, 6.45) is -5.15. The van der Waals surface area contributed by atoms with Gasteiger partial charge in [0.1, 0.15) is 24.4 Å². The van der Waals surface area contributed by atoms with E-state index in [0.717, 1.165) is 5.56 Å². The van der Waals surface area contributed by atoms with Gasteiger partial charge in [0, 0.05) is 7.11 Å². The monoisotopic (exact) mass is 347 g/mol. The average molecular weight is 347 g/mol. The summed E-state index contributed by atoms with van der Waals surface area (Å²) in [5, 5.41) is 29.2. The summed E-state index contributed by atoms with van der Waals surface area (Å²) in [6.45, 7) is 1.30. The van der Waals surface area contributed by atoms with Gasteiger partial charge >= 0.3 is 0 Å². The molecule has 0 aliphatic carbocycles. The van der Waals surface area contributed by atoms with E-state index in [1.807, 2.05) is 6.92 Å². The summed E-state index contributed by atoms with van der Waals surface area (Å²) >= 11 is 0. The highest BCUT2D eigenvalue weighted by atomic mass is 32.2. The Labute approximate surface area is 134 Å². The van der Waals surface area contributed by atoms with E-state index < -0.39 is 47.3 Å². The molecule has 5 atom stereocenters. The lowest BCUT2D eigenvalue weighted by atomic mass is 9.98. The van der Waals surface area contributed by atoms with Gasteiger partial charge in [-0.2, -0.15) is 0 Å². The van der Waals surface area contributed by atoms with Crippen LogP contribution in [0.1, 0.15) is 5.56 Å². The molecule has 1 aliphatic rings. The number of ether oxygens (including phenoxy) is 2. The highest BCUT2D eigenvalue weighted by Crippen LogP contribution is 2.23. The summed E-state index contributed by atoms with van der Waals surface area (Å²) < 4.78 is 37.4. The number of rotatable bonds is 5. The third-order valence-electron chi connectivity index (χ3n) is 3.74. The molecule has 1 aliphatic heterocycles. The first-order valence-electron chi connectivity index (χ1n) is 7.04. The van der Waals surface area contributed by atoms with Crippen molar-refractivity contribution in [1.82, 2.24) is 4.72 Å². The van der Waals surface area contributed by atoms with Crippen molar-refractivity contribution < 1.29 is 33.2 Å². The fourth-order valence-corrected chi connectivity index (χ4v) is 3.61. The number of aliphatic hydroxyl groups excluding tert-OH is 3. The maximum Gasteiger partial charge on any atom is 0.241 e. The van der Waals surface area contributed by atoms with E-state index in [4.69, 9.17) is 14.6 Å². The maximum atomic E-state index is 12.4. The molecule has 0 radical (unpaired) electrons. The van der Waals surface area contributed by atoms with Crippen LogP contribution in [0.5, 0.6) is 0 Å². The molecule has 0 saturated carbocycles. The van der Waals surface area contributed by atoms with Gasteiger partial charge in [-0.05, 0) is 19.1 Å². The number of sulfonamides is 1. The molecule has 0 unspecified atom stereocenters. The highest BCUT2D eigenvalue weighted by Gasteiger charge is 2.46. The summed E-state index contributed by atoms with van der Waals surface area (Å²) in [6, 6.07) is 4.94. The lowest BCUT2D eigenvalue weighted by Crippen LogP contribution is -2.64. The predicted molar refractivity (Wildman–Crippen MR) is 80.1 cm³/mol. The van der Waals surface area contributed by atoms with Crippen molar-refractivity contribution in [1.29, 1.82) is 0 Å². The molecular formula is C14H21NO7S. The molecular weight excluding hydrogens is 326 g/mol. The second-order valence-electron chi connectivity index (χ2n) is 5.40. The van der Waals surface area contributed by atoms with Crippen LogP contribution in [0, 0.1) is 6.92 Å². The van der Waals surface area contributed by atoms with Gasteiger partial charge in [-0.25, -0.2) is 13.1 Å². The van der Waals surface area contributed by atoms with Crippen LogP contribution in [0.4, 0.5) is 0 Å². The summed E-state index contributed by atoms with van der Waals surface area (Å²) in [5.41, 5.74) is 0.904. The molecule has 23 heavy (non-hydrogen) atoms. The Morgan fingerprint density at radius 2 is 1.83 bits per heavy atom. The zero-order valence-electron chi connectivity index (χ0n) is 12.8. The Hall–Kier alpha value is -1.07. The Kier molecular flexibility index (Phi) is 5.74. The van der Waals surface area contributed by atoms with Crippen molar-refractivity contribution in [3.05, 3.63) is 29.8 Å². The predicted octanol–water partition coefficient (Wildman–Crippen LogP) is -1.27. The summed E-state index contributed by atoms with van der Waals surface area (Å²) in [7, 11) is -2.67. The average Bonchev–Trinajstić information content (AvgIpc) is 2.52. The van der Waals surface area contributed by atoms with Gasteiger partial charge in [-0.3, -0.25) is 0 Å². The van der Waals surface area contributed by atoms with Gasteiger partial charge < -0.3 is 24.8 Å². The molecule has 1 heterocycles. The van der Waals surface area contributed by atoms with Crippen molar-refractivity contribution in [3.63, 3.8) is 0 Å². The first-order chi connectivity index (χ1) is 10.8. The SMILES string of the molecule is CO[C@@H]1O[C@H](CO)[C@H](O)[C@H](O)[C@@H]1NS(=O)(=O)c1ccc(C)cc1. The fraction of sp³-hybridized carbons (Fsp3) is 0.571. The number of aliphatic hydroxyl groups is 3. The van der Waals surface area contributed by atoms with Gasteiger partial charge in [0.15, 0.2) is 6.29 Å². The van der Waals surface area contributed by atoms with E-state index in [1.165, 1.54) is 19.2 Å². The maximum absolute atomic E-state index is 12.4. The zero-order valence-corrected chi connectivity index (χ0v) is 13.6. The normalized spacial score (nSPS) is 32.0. The number of methoxy groups -OCH3 is 1. The number of hydrogen-bond acceptors (Lipinski definition) is 7. The van der Waals surface area contributed by atoms with E-state index in [-0.39, 0.29) is 4.90 Å². The summed E-state index contributed by atoms with van der Waals surface area (Å²) in [5.74, 6) is 0. The number of aryl methyl sites for hydroxylation is 1. The van der Waals surface area contributed by atoms with Gasteiger partial charge in [0.2, 0.25) is 10.0 Å². The second-order valence-corrected chi connectivity index (χ2v) is 7.12. The molecule has 1 aromatic rings. The lowest BCUT2D eigenvalue weighted by Gasteiger charge is -2.41. The van der Waals surface area contributed by atoms with Gasteiger partial charge in [-0.15, -0.1) is 0 Å². The second kappa shape index (κ2) is 7.22.